The van der Waals surface area contributed by atoms with Crippen LogP contribution in [0.3, 0.4) is 0 Å². The number of aliphatic imine (C=N–C) groups is 1. The lowest BCUT2D eigenvalue weighted by atomic mass is 10.0. The molecule has 2 aromatic carbocycles. The van der Waals surface area contributed by atoms with Gasteiger partial charge in [-0.1, -0.05) is 24.3 Å². The van der Waals surface area contributed by atoms with E-state index >= 15 is 0 Å². The zero-order chi connectivity index (χ0) is 52.9. The molecule has 0 spiro atoms. The van der Waals surface area contributed by atoms with E-state index in [0.717, 1.165) is 5.56 Å². The molecular weight excluding hydrogens is 992 g/mol. The topological polar surface area (TPSA) is 354 Å². The van der Waals surface area contributed by atoms with Crippen LogP contribution >= 0.6 is 12.2 Å². The number of phenols is 1. The predicted molar refractivity (Wildman–Crippen MR) is 266 cm³/mol. The van der Waals surface area contributed by atoms with Gasteiger partial charge < -0.3 is 70.0 Å². The van der Waals surface area contributed by atoms with Crippen LogP contribution in [0.1, 0.15) is 49.7 Å². The molecule has 0 saturated carbocycles. The Bertz CT molecular complexity index is 2270. The molecule has 6 atom stereocenters. The van der Waals surface area contributed by atoms with Crippen LogP contribution in [-0.2, 0) is 58.9 Å². The summed E-state index contributed by atoms with van der Waals surface area (Å²) in [4.78, 5) is 114. The highest BCUT2D eigenvalue weighted by atomic mass is 32.1. The molecule has 2 bridgehead atoms. The molecule has 13 N–H and O–H groups in total. The number of nitrogens with one attached hydrogen (secondary N) is 7. The standard InChI is InChI=1S/C45H65N13O12S.Al.FH/c46-44(47)48-15-3-5-32-40(67)50-24-36(60)52-35(23-37(61)62)43(70)55-34(22-28-8-12-31(59)13-9-28)42(69)54-33(41(68)53-32)4-1-2-14-49-45(71)51-30-10-6-29(7-11-30)25-56-16-18-57(26-38(63)64)20-21-58(19-17-56)27-39(65)66;;/h6-13,32-35,59H,1-5,14-27H2,(H,50,67)(H,52,60)(H,53,68)(H,54,69)(H,55,70)(H,61,62)(H,63,64)(H,65,66)(H4,46,47,48)(H2,49,51,71);;1H/q;+3;/p-3/t32-,33-,34+,35-;;/m0../s1/i;;1-1. The smallest absolute Gasteiger partial charge is 0.558 e. The average Bonchev–Trinajstić information content (AvgIpc) is 3.40. The minimum Gasteiger partial charge on any atom is -0.558 e. The molecule has 0 aromatic heterocycles. The van der Waals surface area contributed by atoms with Gasteiger partial charge in [0, 0.05) is 71.0 Å². The van der Waals surface area contributed by atoms with E-state index in [2.05, 4.69) is 47.1 Å². The molecular formula is C45H63AlFN13O12S. The summed E-state index contributed by atoms with van der Waals surface area (Å²) in [6, 6.07) is 7.88. The molecule has 3 saturated heterocycles. The monoisotopic (exact) mass is 1050 g/mol. The molecule has 5 rings (SSSR count). The van der Waals surface area contributed by atoms with Crippen molar-refractivity contribution in [1.82, 2.24) is 46.6 Å². The molecule has 0 radical (unpaired) electrons. The van der Waals surface area contributed by atoms with E-state index in [1.165, 1.54) is 24.3 Å². The number of amides is 5. The molecule has 25 nitrogen and oxygen atoms in total. The molecule has 3 heterocycles. The maximum atomic E-state index is 14.1. The number of carbonyl (C=O) groups is 8. The lowest BCUT2D eigenvalue weighted by Crippen LogP contribution is -2.58. The Balaban J connectivity index is 1.21. The number of fused-ring (bicyclic) bond motifs is 3. The Kier molecular flexibility index (Phi) is 22.8. The van der Waals surface area contributed by atoms with Crippen LogP contribution in [0.15, 0.2) is 53.5 Å². The van der Waals surface area contributed by atoms with Gasteiger partial charge in [-0.2, -0.15) is 0 Å². The van der Waals surface area contributed by atoms with Crippen LogP contribution < -0.4 is 48.7 Å². The number of carboxylic acids is 1. The number of nitrogens with zero attached hydrogens (tertiary/aromatic N) is 4. The third-order valence-corrected chi connectivity index (χ3v) is 13.0. The van der Waals surface area contributed by atoms with Crippen LogP contribution in [-0.4, -0.2) is 195 Å². The molecule has 28 heteroatoms. The minimum absolute atomic E-state index is 0.0155. The van der Waals surface area contributed by atoms with Crippen LogP contribution in [0.5, 0.6) is 5.75 Å². The highest BCUT2D eigenvalue weighted by molar-refractivity contribution is 7.80. The maximum absolute atomic E-state index is 14.1. The largest absolute Gasteiger partial charge is 1.15 e. The maximum Gasteiger partial charge on any atom is 1.15 e. The Morgan fingerprint density at radius 3 is 1.90 bits per heavy atom. The number of carboxylic acid groups (broad SMARTS) is 1. The van der Waals surface area contributed by atoms with Gasteiger partial charge in [0.25, 0.3) is 11.9 Å². The summed E-state index contributed by atoms with van der Waals surface area (Å²) in [5.41, 5.74) is 13.1. The summed E-state index contributed by atoms with van der Waals surface area (Å²) in [6.07, 6.45) is 0.0748. The number of aliphatic carboxylic acids is 1. The van der Waals surface area contributed by atoms with E-state index in [4.69, 9.17) is 31.3 Å². The van der Waals surface area contributed by atoms with Gasteiger partial charge >= 0.3 is 21.2 Å². The van der Waals surface area contributed by atoms with Gasteiger partial charge in [-0.25, -0.2) is 0 Å². The SMILES string of the molecule is NC(N)=NCCC[C@@H]1NC(=O)[C@H](CCCCNC(=S)Nc2ccc(CN3CCN4CCN(CC3)CC(=O)[O][Al]([18F])[O]C(=O)C4)cc2)NC(=O)[C@@H](Cc2ccc(O)cc2)NC(=O)[C@H](CC(=O)O)NC(=O)CNC1=O. The first-order valence-corrected chi connectivity index (χ1v) is 25.5. The van der Waals surface area contributed by atoms with E-state index in [9.17, 15) is 52.1 Å². The fourth-order valence-corrected chi connectivity index (χ4v) is 8.82. The number of guanidine groups is 1. The zero-order valence-electron chi connectivity index (χ0n) is 40.1. The van der Waals surface area contributed by atoms with Crippen molar-refractivity contribution in [2.45, 2.75) is 75.7 Å². The number of halogens is 1. The molecule has 5 amide bonds. The number of thiocarbonyl (C=S) groups is 1. The Hall–Kier alpha value is -6.70. The second-order valence-electron chi connectivity index (χ2n) is 17.6. The molecule has 3 aliphatic heterocycles. The first-order valence-electron chi connectivity index (χ1n) is 23.8. The van der Waals surface area contributed by atoms with Crippen molar-refractivity contribution in [3.05, 3.63) is 59.7 Å². The van der Waals surface area contributed by atoms with Crippen molar-refractivity contribution < 1.29 is 59.7 Å². The molecule has 73 heavy (non-hydrogen) atoms. The average molecular weight is 1060 g/mol. The van der Waals surface area contributed by atoms with Gasteiger partial charge in [0.1, 0.15) is 29.9 Å². The van der Waals surface area contributed by atoms with Crippen molar-refractivity contribution in [3.63, 3.8) is 0 Å². The van der Waals surface area contributed by atoms with Crippen LogP contribution in [0.2, 0.25) is 0 Å². The lowest BCUT2D eigenvalue weighted by molar-refractivity contribution is -0.143. The highest BCUT2D eigenvalue weighted by Gasteiger charge is 2.43. The van der Waals surface area contributed by atoms with E-state index < -0.39 is 99.9 Å². The fraction of sp³-hybridized carbons (Fsp3) is 0.511. The van der Waals surface area contributed by atoms with Crippen LogP contribution in [0.4, 0.5) is 9.21 Å². The Morgan fingerprint density at radius 2 is 1.29 bits per heavy atom. The molecule has 396 valence electrons. The summed E-state index contributed by atoms with van der Waals surface area (Å²) in [5.74, 6) is -7.45. The number of rotatable bonds is 16. The van der Waals surface area contributed by atoms with Crippen molar-refractivity contribution in [2.24, 2.45) is 16.5 Å². The van der Waals surface area contributed by atoms with E-state index in [1.807, 2.05) is 34.1 Å². The number of aromatic hydroxyl groups is 1. The fourth-order valence-electron chi connectivity index (χ4n) is 7.99. The van der Waals surface area contributed by atoms with Gasteiger partial charge in [0.2, 0.25) is 29.5 Å². The number of unbranched alkanes of at least 4 members (excludes halogenated alkanes) is 1. The normalized spacial score (nSPS) is 23.0. The van der Waals surface area contributed by atoms with Gasteiger partial charge in [-0.3, -0.25) is 58.0 Å². The number of benzene rings is 2. The van der Waals surface area contributed by atoms with Crippen molar-refractivity contribution in [2.75, 3.05) is 77.3 Å². The Morgan fingerprint density at radius 1 is 0.740 bits per heavy atom. The predicted octanol–water partition coefficient (Wildman–Crippen LogP) is -2.84. The summed E-state index contributed by atoms with van der Waals surface area (Å²) in [7, 11) is 0. The number of anilines is 1. The quantitative estimate of drug-likeness (QED) is 0.0265. The number of nitrogens with two attached hydrogens (primary N) is 2. The van der Waals surface area contributed by atoms with E-state index in [0.29, 0.717) is 81.6 Å². The van der Waals surface area contributed by atoms with E-state index in [1.54, 1.807) is 0 Å². The Labute approximate surface area is 431 Å². The lowest BCUT2D eigenvalue weighted by Gasteiger charge is -2.26. The van der Waals surface area contributed by atoms with Crippen LogP contribution in [0.25, 0.3) is 0 Å². The first-order chi connectivity index (χ1) is 34.9. The molecule has 2 aromatic rings. The second-order valence-corrected chi connectivity index (χ2v) is 19.0. The number of hydrogen-bond acceptors (Lipinski definition) is 16. The third-order valence-electron chi connectivity index (χ3n) is 11.8. The van der Waals surface area contributed by atoms with Gasteiger partial charge in [-0.15, -0.1) is 0 Å². The minimum atomic E-state index is -3.90. The number of carbonyl (C=O) groups excluding carboxylic acids is 7. The highest BCUT2D eigenvalue weighted by Crippen LogP contribution is 2.16. The molecule has 3 fully saturated rings. The van der Waals surface area contributed by atoms with Gasteiger partial charge in [0.15, 0.2) is 11.1 Å². The molecule has 3 aliphatic rings. The van der Waals surface area contributed by atoms with Gasteiger partial charge in [-0.05, 0) is 79.7 Å². The summed E-state index contributed by atoms with van der Waals surface area (Å²) in [6.45, 7) is 3.43. The molecule has 2 unspecified atom stereocenters. The van der Waals surface area contributed by atoms with Crippen LogP contribution in [0, 0.1) is 0 Å². The first kappa shape index (κ1) is 57.2. The summed E-state index contributed by atoms with van der Waals surface area (Å²) in [5, 5.41) is 38.6. The van der Waals surface area contributed by atoms with Crippen molar-refractivity contribution >= 4 is 91.7 Å². The number of hydrogen-bond donors (Lipinski definition) is 11. The zero-order valence-corrected chi connectivity index (χ0v) is 42.1. The van der Waals surface area contributed by atoms with Crippen molar-refractivity contribution in [1.29, 1.82) is 0 Å². The van der Waals surface area contributed by atoms with Gasteiger partial charge in [0.05, 0.1) is 26.1 Å². The third kappa shape index (κ3) is 20.7. The van der Waals surface area contributed by atoms with Crippen molar-refractivity contribution in [3.8, 4) is 5.75 Å². The van der Waals surface area contributed by atoms with E-state index in [-0.39, 0.29) is 57.0 Å². The second kappa shape index (κ2) is 29.1. The molecule has 0 aliphatic carbocycles. The summed E-state index contributed by atoms with van der Waals surface area (Å²) >= 11 is 1.66. The summed E-state index contributed by atoms with van der Waals surface area (Å²) < 4.78 is 23.6. The number of phenolic OH excluding ortho intramolecular Hbond substituents is 1.